The molecule has 1 rings (SSSR count). The van der Waals surface area contributed by atoms with Gasteiger partial charge in [0.25, 0.3) is 0 Å². The van der Waals surface area contributed by atoms with Crippen molar-refractivity contribution in [1.82, 2.24) is 15.5 Å². The van der Waals surface area contributed by atoms with Gasteiger partial charge in [-0.05, 0) is 6.92 Å². The second-order valence-corrected chi connectivity index (χ2v) is 3.96. The highest BCUT2D eigenvalue weighted by atomic mass is 16.4. The van der Waals surface area contributed by atoms with Crippen LogP contribution in [-0.4, -0.2) is 52.3 Å². The fourth-order valence-electron chi connectivity index (χ4n) is 1.44. The predicted molar refractivity (Wildman–Crippen MR) is 59.7 cm³/mol. The SMILES string of the molecule is CC1C(=O)NC(=O)CN1C(=O)NC(=O)CCC(=O)O. The number of hydrogen-bond donors (Lipinski definition) is 3. The molecule has 1 aliphatic rings. The van der Waals surface area contributed by atoms with Gasteiger partial charge in [0.1, 0.15) is 12.6 Å². The molecule has 1 fully saturated rings. The molecule has 104 valence electrons. The van der Waals surface area contributed by atoms with E-state index in [1.165, 1.54) is 6.92 Å². The van der Waals surface area contributed by atoms with Gasteiger partial charge in [0, 0.05) is 6.42 Å². The van der Waals surface area contributed by atoms with Crippen LogP contribution in [0.2, 0.25) is 0 Å². The van der Waals surface area contributed by atoms with Crippen molar-refractivity contribution >= 4 is 29.7 Å². The Hall–Kier alpha value is -2.45. The number of amides is 5. The monoisotopic (exact) mass is 271 g/mol. The number of nitrogens with zero attached hydrogens (tertiary/aromatic N) is 1. The van der Waals surface area contributed by atoms with E-state index < -0.39 is 42.2 Å². The Labute approximate surface area is 107 Å². The number of carboxylic acids is 1. The molecule has 3 N–H and O–H groups in total. The van der Waals surface area contributed by atoms with E-state index in [0.29, 0.717) is 0 Å². The van der Waals surface area contributed by atoms with Gasteiger partial charge in [-0.2, -0.15) is 0 Å². The largest absolute Gasteiger partial charge is 0.481 e. The maximum Gasteiger partial charge on any atom is 0.325 e. The highest BCUT2D eigenvalue weighted by Gasteiger charge is 2.34. The molecule has 0 bridgehead atoms. The van der Waals surface area contributed by atoms with Crippen molar-refractivity contribution in [3.05, 3.63) is 0 Å². The third kappa shape index (κ3) is 4.05. The molecule has 19 heavy (non-hydrogen) atoms. The zero-order valence-corrected chi connectivity index (χ0v) is 10.1. The van der Waals surface area contributed by atoms with Crippen LogP contribution in [0.4, 0.5) is 4.79 Å². The van der Waals surface area contributed by atoms with Gasteiger partial charge in [0.15, 0.2) is 0 Å². The predicted octanol–water partition coefficient (Wildman–Crippen LogP) is -1.57. The van der Waals surface area contributed by atoms with E-state index >= 15 is 0 Å². The summed E-state index contributed by atoms with van der Waals surface area (Å²) in [5.74, 6) is -3.22. The summed E-state index contributed by atoms with van der Waals surface area (Å²) < 4.78 is 0. The van der Waals surface area contributed by atoms with Gasteiger partial charge in [-0.3, -0.25) is 29.8 Å². The average molecular weight is 271 g/mol. The minimum absolute atomic E-state index is 0.342. The molecule has 9 nitrogen and oxygen atoms in total. The van der Waals surface area contributed by atoms with Crippen molar-refractivity contribution in [1.29, 1.82) is 0 Å². The number of carbonyl (C=O) groups is 5. The normalized spacial score (nSPS) is 18.8. The second kappa shape index (κ2) is 5.94. The van der Waals surface area contributed by atoms with Crippen LogP contribution in [0.15, 0.2) is 0 Å². The molecule has 1 heterocycles. The van der Waals surface area contributed by atoms with E-state index in [1.807, 2.05) is 10.6 Å². The molecule has 0 aromatic carbocycles. The van der Waals surface area contributed by atoms with E-state index in [4.69, 9.17) is 5.11 Å². The number of aliphatic carboxylic acids is 1. The van der Waals surface area contributed by atoms with Crippen LogP contribution in [0.3, 0.4) is 0 Å². The summed E-state index contributed by atoms with van der Waals surface area (Å²) in [7, 11) is 0. The number of hydrogen-bond acceptors (Lipinski definition) is 5. The third-order valence-electron chi connectivity index (χ3n) is 2.50. The third-order valence-corrected chi connectivity index (χ3v) is 2.50. The van der Waals surface area contributed by atoms with Gasteiger partial charge >= 0.3 is 12.0 Å². The summed E-state index contributed by atoms with van der Waals surface area (Å²) >= 11 is 0. The van der Waals surface area contributed by atoms with Crippen LogP contribution >= 0.6 is 0 Å². The van der Waals surface area contributed by atoms with E-state index in [1.54, 1.807) is 0 Å². The maximum absolute atomic E-state index is 11.7. The Morgan fingerprint density at radius 1 is 1.37 bits per heavy atom. The van der Waals surface area contributed by atoms with Crippen LogP contribution in [0, 0.1) is 0 Å². The molecule has 5 amide bonds. The lowest BCUT2D eigenvalue weighted by atomic mass is 10.2. The highest BCUT2D eigenvalue weighted by Crippen LogP contribution is 2.05. The Morgan fingerprint density at radius 3 is 2.58 bits per heavy atom. The molecule has 0 aromatic heterocycles. The van der Waals surface area contributed by atoms with E-state index in [9.17, 15) is 24.0 Å². The first-order valence-corrected chi connectivity index (χ1v) is 5.47. The zero-order valence-electron chi connectivity index (χ0n) is 10.1. The van der Waals surface area contributed by atoms with Gasteiger partial charge in [0.05, 0.1) is 6.42 Å². The number of nitrogens with one attached hydrogen (secondary N) is 2. The summed E-state index contributed by atoms with van der Waals surface area (Å²) in [6.45, 7) is 1.06. The topological polar surface area (TPSA) is 133 Å². The lowest BCUT2D eigenvalue weighted by molar-refractivity contribution is -0.138. The number of urea groups is 1. The molecule has 1 saturated heterocycles. The average Bonchev–Trinajstić information content (AvgIpc) is 2.31. The molecule has 0 aliphatic carbocycles. The van der Waals surface area contributed by atoms with Crippen LogP contribution < -0.4 is 10.6 Å². The van der Waals surface area contributed by atoms with E-state index in [2.05, 4.69) is 0 Å². The summed E-state index contributed by atoms with van der Waals surface area (Å²) in [4.78, 5) is 56.5. The van der Waals surface area contributed by atoms with Gasteiger partial charge in [-0.15, -0.1) is 0 Å². The first-order valence-electron chi connectivity index (χ1n) is 5.47. The Bertz CT molecular complexity index is 447. The molecule has 1 aliphatic heterocycles. The standard InChI is InChI=1S/C10H13N3O6/c1-5-9(18)11-7(15)4-13(5)10(19)12-6(14)2-3-8(16)17/h5H,2-4H2,1H3,(H,16,17)(H,11,15,18)(H,12,14,19). The minimum atomic E-state index is -1.16. The Balaban J connectivity index is 2.56. The van der Waals surface area contributed by atoms with E-state index in [-0.39, 0.29) is 13.0 Å². The van der Waals surface area contributed by atoms with Crippen molar-refractivity contribution < 1.29 is 29.1 Å². The molecule has 1 unspecified atom stereocenters. The van der Waals surface area contributed by atoms with Gasteiger partial charge < -0.3 is 10.0 Å². The van der Waals surface area contributed by atoms with Crippen LogP contribution in [-0.2, 0) is 19.2 Å². The van der Waals surface area contributed by atoms with E-state index in [0.717, 1.165) is 4.90 Å². The summed E-state index contributed by atoms with van der Waals surface area (Å²) in [5.41, 5.74) is 0. The molecular weight excluding hydrogens is 258 g/mol. The van der Waals surface area contributed by atoms with Gasteiger partial charge in [-0.1, -0.05) is 0 Å². The Morgan fingerprint density at radius 2 is 2.00 bits per heavy atom. The fraction of sp³-hybridized carbons (Fsp3) is 0.500. The van der Waals surface area contributed by atoms with Gasteiger partial charge in [0.2, 0.25) is 17.7 Å². The highest BCUT2D eigenvalue weighted by molar-refractivity contribution is 6.05. The lowest BCUT2D eigenvalue weighted by Crippen LogP contribution is -2.61. The molecular formula is C10H13N3O6. The van der Waals surface area contributed by atoms with Crippen molar-refractivity contribution in [3.63, 3.8) is 0 Å². The van der Waals surface area contributed by atoms with Crippen molar-refractivity contribution in [2.24, 2.45) is 0 Å². The molecule has 0 radical (unpaired) electrons. The first kappa shape index (κ1) is 14.6. The second-order valence-electron chi connectivity index (χ2n) is 3.96. The number of piperazine rings is 1. The summed E-state index contributed by atoms with van der Waals surface area (Å²) in [6.07, 6.45) is -0.766. The molecule has 9 heteroatoms. The molecule has 0 spiro atoms. The smallest absolute Gasteiger partial charge is 0.325 e. The minimum Gasteiger partial charge on any atom is -0.481 e. The fourth-order valence-corrected chi connectivity index (χ4v) is 1.44. The quantitative estimate of drug-likeness (QED) is 0.531. The summed E-state index contributed by atoms with van der Waals surface area (Å²) in [5, 5.41) is 12.4. The number of imide groups is 2. The maximum atomic E-state index is 11.7. The van der Waals surface area contributed by atoms with Gasteiger partial charge in [-0.25, -0.2) is 4.79 Å². The van der Waals surface area contributed by atoms with Crippen LogP contribution in [0.1, 0.15) is 19.8 Å². The van der Waals surface area contributed by atoms with Crippen molar-refractivity contribution in [2.75, 3.05) is 6.54 Å². The molecule has 1 atom stereocenters. The zero-order chi connectivity index (χ0) is 14.6. The number of carboxylic acid groups (broad SMARTS) is 1. The van der Waals surface area contributed by atoms with Crippen molar-refractivity contribution in [2.45, 2.75) is 25.8 Å². The number of rotatable bonds is 3. The first-order chi connectivity index (χ1) is 8.81. The number of carbonyl (C=O) groups excluding carboxylic acids is 4. The molecule has 0 aromatic rings. The van der Waals surface area contributed by atoms with Crippen LogP contribution in [0.5, 0.6) is 0 Å². The van der Waals surface area contributed by atoms with Crippen molar-refractivity contribution in [3.8, 4) is 0 Å². The summed E-state index contributed by atoms with van der Waals surface area (Å²) in [6, 6.07) is -1.78. The lowest BCUT2D eigenvalue weighted by Gasteiger charge is -2.31. The van der Waals surface area contributed by atoms with Crippen LogP contribution in [0.25, 0.3) is 0 Å². The molecule has 0 saturated carbocycles. The Kier molecular flexibility index (Phi) is 4.56.